The van der Waals surface area contributed by atoms with Crippen LogP contribution in [0.1, 0.15) is 12.0 Å². The van der Waals surface area contributed by atoms with Crippen LogP contribution >= 0.6 is 15.9 Å². The van der Waals surface area contributed by atoms with Gasteiger partial charge in [0.15, 0.2) is 0 Å². The molecule has 0 saturated carbocycles. The van der Waals surface area contributed by atoms with Crippen molar-refractivity contribution in [2.24, 2.45) is 0 Å². The highest BCUT2D eigenvalue weighted by Gasteiger charge is 2.10. The predicted molar refractivity (Wildman–Crippen MR) is 73.6 cm³/mol. The van der Waals surface area contributed by atoms with Crippen LogP contribution < -0.4 is 4.74 Å². The van der Waals surface area contributed by atoms with Gasteiger partial charge in [-0.3, -0.25) is 0 Å². The number of rotatable bonds is 4. The molecule has 90 valence electrons. The summed E-state index contributed by atoms with van der Waals surface area (Å²) in [4.78, 5) is 0. The second-order valence-electron chi connectivity index (χ2n) is 3.92. The summed E-state index contributed by atoms with van der Waals surface area (Å²) in [5, 5.41) is 11.2. The number of aryl methyl sites for hydroxylation is 1. The number of fused-ring (bicyclic) bond motifs is 1. The minimum atomic E-state index is 0.202. The number of halogens is 1. The van der Waals surface area contributed by atoms with Gasteiger partial charge in [-0.1, -0.05) is 40.2 Å². The number of benzene rings is 2. The molecule has 0 heterocycles. The van der Waals surface area contributed by atoms with Gasteiger partial charge in [0, 0.05) is 16.5 Å². The standard InChI is InChI=1S/C14H15BrO2/c1-17-14-10(5-4-8-16)9-13(15)11-6-2-3-7-12(11)14/h2-3,6-7,9,16H,4-5,8H2,1H3. The van der Waals surface area contributed by atoms with Crippen LogP contribution in [0.15, 0.2) is 34.8 Å². The Hall–Kier alpha value is -1.06. The van der Waals surface area contributed by atoms with Gasteiger partial charge in [0.1, 0.15) is 5.75 Å². The SMILES string of the molecule is COc1c(CCCO)cc(Br)c2ccccc12. The lowest BCUT2D eigenvalue weighted by atomic mass is 10.0. The van der Waals surface area contributed by atoms with E-state index in [1.807, 2.05) is 12.1 Å². The Morgan fingerprint density at radius 2 is 1.94 bits per heavy atom. The minimum absolute atomic E-state index is 0.202. The molecule has 2 rings (SSSR count). The molecule has 0 amide bonds. The lowest BCUT2D eigenvalue weighted by molar-refractivity contribution is 0.288. The van der Waals surface area contributed by atoms with Crippen molar-refractivity contribution in [3.63, 3.8) is 0 Å². The quantitative estimate of drug-likeness (QED) is 0.935. The summed E-state index contributed by atoms with van der Waals surface area (Å²) in [6, 6.07) is 10.2. The molecule has 2 aromatic carbocycles. The van der Waals surface area contributed by atoms with E-state index in [2.05, 4.69) is 34.1 Å². The molecule has 0 aliphatic carbocycles. The summed E-state index contributed by atoms with van der Waals surface area (Å²) in [5.41, 5.74) is 1.13. The van der Waals surface area contributed by atoms with Gasteiger partial charge < -0.3 is 9.84 Å². The van der Waals surface area contributed by atoms with Crippen molar-refractivity contribution >= 4 is 26.7 Å². The van der Waals surface area contributed by atoms with Gasteiger partial charge in [-0.25, -0.2) is 0 Å². The van der Waals surface area contributed by atoms with Crippen LogP contribution in [-0.2, 0) is 6.42 Å². The first-order valence-electron chi connectivity index (χ1n) is 5.63. The van der Waals surface area contributed by atoms with Gasteiger partial charge in [0.05, 0.1) is 7.11 Å². The first-order valence-corrected chi connectivity index (χ1v) is 6.42. The third kappa shape index (κ3) is 2.45. The highest BCUT2D eigenvalue weighted by Crippen LogP contribution is 2.35. The Morgan fingerprint density at radius 3 is 2.59 bits per heavy atom. The molecule has 1 N–H and O–H groups in total. The maximum absolute atomic E-state index is 8.92. The maximum atomic E-state index is 8.92. The molecular weight excluding hydrogens is 280 g/mol. The average Bonchev–Trinajstić information content (AvgIpc) is 2.36. The summed E-state index contributed by atoms with van der Waals surface area (Å²) in [7, 11) is 1.69. The molecule has 0 aliphatic rings. The van der Waals surface area contributed by atoms with Crippen LogP contribution in [0, 0.1) is 0 Å². The van der Waals surface area contributed by atoms with Gasteiger partial charge in [0.25, 0.3) is 0 Å². The zero-order valence-electron chi connectivity index (χ0n) is 9.74. The fourth-order valence-electron chi connectivity index (χ4n) is 2.05. The second-order valence-corrected chi connectivity index (χ2v) is 4.78. The monoisotopic (exact) mass is 294 g/mol. The predicted octanol–water partition coefficient (Wildman–Crippen LogP) is 3.54. The molecule has 0 aliphatic heterocycles. The van der Waals surface area contributed by atoms with Crippen molar-refractivity contribution in [2.45, 2.75) is 12.8 Å². The zero-order chi connectivity index (χ0) is 12.3. The highest BCUT2D eigenvalue weighted by atomic mass is 79.9. The number of hydrogen-bond donors (Lipinski definition) is 1. The summed E-state index contributed by atoms with van der Waals surface area (Å²) in [6.45, 7) is 0.202. The van der Waals surface area contributed by atoms with Crippen molar-refractivity contribution in [3.05, 3.63) is 40.4 Å². The van der Waals surface area contributed by atoms with Crippen molar-refractivity contribution in [3.8, 4) is 5.75 Å². The van der Waals surface area contributed by atoms with E-state index in [0.29, 0.717) is 0 Å². The number of aliphatic hydroxyl groups excluding tert-OH is 1. The van der Waals surface area contributed by atoms with E-state index in [9.17, 15) is 0 Å². The Balaban J connectivity index is 2.60. The maximum Gasteiger partial charge on any atom is 0.129 e. The molecular formula is C14H15BrO2. The molecule has 0 unspecified atom stereocenters. The van der Waals surface area contributed by atoms with Crippen LogP contribution in [0.5, 0.6) is 5.75 Å². The first kappa shape index (κ1) is 12.4. The third-order valence-corrected chi connectivity index (χ3v) is 3.49. The molecule has 2 aromatic rings. The van der Waals surface area contributed by atoms with Gasteiger partial charge in [-0.2, -0.15) is 0 Å². The summed E-state index contributed by atoms with van der Waals surface area (Å²) in [5.74, 6) is 0.914. The Kier molecular flexibility index (Phi) is 4.02. The lowest BCUT2D eigenvalue weighted by Crippen LogP contribution is -1.96. The van der Waals surface area contributed by atoms with Gasteiger partial charge in [-0.05, 0) is 29.9 Å². The van der Waals surface area contributed by atoms with Crippen LogP contribution in [-0.4, -0.2) is 18.8 Å². The van der Waals surface area contributed by atoms with Crippen LogP contribution in [0.2, 0.25) is 0 Å². The third-order valence-electron chi connectivity index (χ3n) is 2.83. The Labute approximate surface area is 109 Å². The molecule has 0 aromatic heterocycles. The molecule has 0 saturated heterocycles. The summed E-state index contributed by atoms with van der Waals surface area (Å²) < 4.78 is 6.58. The summed E-state index contributed by atoms with van der Waals surface area (Å²) >= 11 is 3.58. The first-order chi connectivity index (χ1) is 8.27. The Morgan fingerprint density at radius 1 is 1.24 bits per heavy atom. The van der Waals surface area contributed by atoms with E-state index in [4.69, 9.17) is 9.84 Å². The van der Waals surface area contributed by atoms with Crippen molar-refractivity contribution in [1.82, 2.24) is 0 Å². The van der Waals surface area contributed by atoms with Gasteiger partial charge in [-0.15, -0.1) is 0 Å². The number of aliphatic hydroxyl groups is 1. The minimum Gasteiger partial charge on any atom is -0.496 e. The van der Waals surface area contributed by atoms with Gasteiger partial charge in [0.2, 0.25) is 0 Å². The zero-order valence-corrected chi connectivity index (χ0v) is 11.3. The normalized spacial score (nSPS) is 10.8. The molecule has 17 heavy (non-hydrogen) atoms. The number of methoxy groups -OCH3 is 1. The topological polar surface area (TPSA) is 29.5 Å². The molecule has 0 radical (unpaired) electrons. The lowest BCUT2D eigenvalue weighted by Gasteiger charge is -2.13. The van der Waals surface area contributed by atoms with E-state index in [1.54, 1.807) is 7.11 Å². The molecule has 3 heteroatoms. The molecule has 0 spiro atoms. The summed E-state index contributed by atoms with van der Waals surface area (Å²) in [6.07, 6.45) is 1.57. The van der Waals surface area contributed by atoms with Crippen LogP contribution in [0.25, 0.3) is 10.8 Å². The second kappa shape index (κ2) is 5.52. The Bertz CT molecular complexity index is 523. The van der Waals surface area contributed by atoms with E-state index in [0.717, 1.165) is 39.4 Å². The van der Waals surface area contributed by atoms with Crippen molar-refractivity contribution in [2.75, 3.05) is 13.7 Å². The number of hydrogen-bond acceptors (Lipinski definition) is 2. The highest BCUT2D eigenvalue weighted by molar-refractivity contribution is 9.10. The van der Waals surface area contributed by atoms with Crippen molar-refractivity contribution in [1.29, 1.82) is 0 Å². The largest absolute Gasteiger partial charge is 0.496 e. The van der Waals surface area contributed by atoms with Crippen LogP contribution in [0.3, 0.4) is 0 Å². The molecule has 2 nitrogen and oxygen atoms in total. The molecule has 0 bridgehead atoms. The molecule has 0 fully saturated rings. The van der Waals surface area contributed by atoms with E-state index >= 15 is 0 Å². The van der Waals surface area contributed by atoms with Crippen molar-refractivity contribution < 1.29 is 9.84 Å². The fraction of sp³-hybridized carbons (Fsp3) is 0.286. The van der Waals surface area contributed by atoms with E-state index < -0.39 is 0 Å². The molecule has 0 atom stereocenters. The van der Waals surface area contributed by atoms with E-state index in [-0.39, 0.29) is 6.61 Å². The number of ether oxygens (including phenoxy) is 1. The smallest absolute Gasteiger partial charge is 0.129 e. The van der Waals surface area contributed by atoms with Crippen LogP contribution in [0.4, 0.5) is 0 Å². The van der Waals surface area contributed by atoms with E-state index in [1.165, 1.54) is 0 Å². The van der Waals surface area contributed by atoms with Gasteiger partial charge >= 0.3 is 0 Å². The average molecular weight is 295 g/mol. The fourth-order valence-corrected chi connectivity index (χ4v) is 2.68.